The van der Waals surface area contributed by atoms with Gasteiger partial charge in [-0.15, -0.1) is 0 Å². The van der Waals surface area contributed by atoms with E-state index in [9.17, 15) is 26.9 Å². The Morgan fingerprint density at radius 1 is 1.16 bits per heavy atom. The van der Waals surface area contributed by atoms with Crippen molar-refractivity contribution in [2.45, 2.75) is 49.4 Å². The number of rotatable bonds is 6. The van der Waals surface area contributed by atoms with E-state index < -0.39 is 40.5 Å². The van der Waals surface area contributed by atoms with Crippen molar-refractivity contribution in [3.05, 3.63) is 41.7 Å². The molecule has 10 nitrogen and oxygen atoms in total. The van der Waals surface area contributed by atoms with E-state index >= 15 is 0 Å². The van der Waals surface area contributed by atoms with Crippen molar-refractivity contribution < 1.29 is 26.9 Å². The van der Waals surface area contributed by atoms with Crippen molar-refractivity contribution in [2.75, 3.05) is 17.7 Å². The van der Waals surface area contributed by atoms with E-state index in [1.54, 1.807) is 24.3 Å². The minimum atomic E-state index is -4.45. The summed E-state index contributed by atoms with van der Waals surface area (Å²) in [4.78, 5) is 12.0. The molecule has 1 aromatic carbocycles. The third-order valence-corrected chi connectivity index (χ3v) is 6.72. The largest absolute Gasteiger partial charge is 0.391 e. The molecule has 0 bridgehead atoms. The van der Waals surface area contributed by atoms with Crippen LogP contribution in [-0.4, -0.2) is 68.5 Å². The molecule has 0 radical (unpaired) electrons. The highest BCUT2D eigenvalue weighted by Crippen LogP contribution is 2.44. The van der Waals surface area contributed by atoms with Gasteiger partial charge in [0.05, 0.1) is 12.1 Å². The summed E-state index contributed by atoms with van der Waals surface area (Å²) >= 11 is 0. The van der Waals surface area contributed by atoms with Gasteiger partial charge in [-0.3, -0.25) is 4.55 Å². The van der Waals surface area contributed by atoms with Gasteiger partial charge in [-0.05, 0) is 24.0 Å². The molecular weight excluding hydrogens is 434 g/mol. The molecule has 1 aromatic heterocycles. The number of nitrogens with zero attached hydrogens (tertiary/aromatic N) is 4. The molecule has 0 aliphatic heterocycles. The number of benzene rings is 1. The normalized spacial score (nSPS) is 27.3. The summed E-state index contributed by atoms with van der Waals surface area (Å²) in [6.07, 6.45) is 0.175. The summed E-state index contributed by atoms with van der Waals surface area (Å²) in [5, 5.41) is 15.8. The van der Waals surface area contributed by atoms with Crippen molar-refractivity contribution in [1.82, 2.24) is 19.3 Å². The Bertz CT molecular complexity index is 1070. The molecule has 168 valence electrons. The molecular formula is C18H22F2N6O4S. The summed E-state index contributed by atoms with van der Waals surface area (Å²) in [7, 11) is -3.27. The molecule has 13 heteroatoms. The van der Waals surface area contributed by atoms with Crippen LogP contribution in [0.25, 0.3) is 0 Å². The molecule has 4 atom stereocenters. The Kier molecular flexibility index (Phi) is 5.54. The van der Waals surface area contributed by atoms with Gasteiger partial charge in [0.15, 0.2) is 0 Å². The first-order chi connectivity index (χ1) is 14.5. The Morgan fingerprint density at radius 3 is 2.55 bits per heavy atom. The average molecular weight is 456 g/mol. The molecule has 4 rings (SSSR count). The van der Waals surface area contributed by atoms with Crippen LogP contribution in [0.1, 0.15) is 30.0 Å². The molecule has 1 fully saturated rings. The minimum absolute atomic E-state index is 0.0379. The van der Waals surface area contributed by atoms with Crippen LogP contribution < -0.4 is 10.6 Å². The number of hydrogen-bond donors (Lipinski definition) is 4. The van der Waals surface area contributed by atoms with Gasteiger partial charge in [0.1, 0.15) is 12.4 Å². The Balaban J connectivity index is 1.46. The van der Waals surface area contributed by atoms with E-state index in [0.29, 0.717) is 15.4 Å². The zero-order chi connectivity index (χ0) is 22.4. The maximum Gasteiger partial charge on any atom is 0.335 e. The quantitative estimate of drug-likeness (QED) is 0.473. The van der Waals surface area contributed by atoms with Gasteiger partial charge in [0.2, 0.25) is 11.9 Å². The number of halogens is 2. The van der Waals surface area contributed by atoms with Crippen LogP contribution in [0.2, 0.25) is 0 Å². The summed E-state index contributed by atoms with van der Waals surface area (Å²) in [5.41, 5.74) is 1.05. The van der Waals surface area contributed by atoms with Gasteiger partial charge in [-0.1, -0.05) is 24.3 Å². The predicted molar refractivity (Wildman–Crippen MR) is 107 cm³/mol. The van der Waals surface area contributed by atoms with Crippen LogP contribution >= 0.6 is 0 Å². The molecule has 2 aliphatic carbocycles. The minimum Gasteiger partial charge on any atom is -0.391 e. The summed E-state index contributed by atoms with van der Waals surface area (Å²) in [6, 6.07) is 4.22. The van der Waals surface area contributed by atoms with Crippen molar-refractivity contribution >= 4 is 22.2 Å². The first-order valence-corrected chi connectivity index (χ1v) is 11.0. The van der Waals surface area contributed by atoms with E-state index in [-0.39, 0.29) is 31.2 Å². The molecule has 0 saturated heterocycles. The number of nitrogens with one attached hydrogen (secondary N) is 2. The van der Waals surface area contributed by atoms with Gasteiger partial charge in [0, 0.05) is 19.5 Å². The van der Waals surface area contributed by atoms with E-state index in [1.165, 1.54) is 13.4 Å². The van der Waals surface area contributed by atoms with Gasteiger partial charge < -0.3 is 15.7 Å². The highest BCUT2D eigenvalue weighted by molar-refractivity contribution is 7.83. The van der Waals surface area contributed by atoms with Gasteiger partial charge in [0.25, 0.3) is 5.92 Å². The molecule has 4 N–H and O–H groups in total. The first kappa shape index (κ1) is 21.7. The third kappa shape index (κ3) is 4.44. The second-order valence-corrected chi connectivity index (χ2v) is 9.26. The maximum atomic E-state index is 14.5. The fourth-order valence-electron chi connectivity index (χ4n) is 4.16. The van der Waals surface area contributed by atoms with Crippen molar-refractivity contribution in [1.29, 1.82) is 0 Å². The van der Waals surface area contributed by atoms with Crippen molar-refractivity contribution in [3.8, 4) is 0 Å². The van der Waals surface area contributed by atoms with Crippen molar-refractivity contribution in [2.24, 2.45) is 0 Å². The van der Waals surface area contributed by atoms with Crippen LogP contribution in [0.15, 0.2) is 30.6 Å². The lowest BCUT2D eigenvalue weighted by Gasteiger charge is -2.23. The fraction of sp³-hybridized carbons (Fsp3) is 0.500. The maximum absolute atomic E-state index is 14.5. The topological polar surface area (TPSA) is 141 Å². The number of alkyl halides is 2. The lowest BCUT2D eigenvalue weighted by atomic mass is 10.1. The lowest BCUT2D eigenvalue weighted by molar-refractivity contribution is -0.00729. The van der Waals surface area contributed by atoms with Gasteiger partial charge >= 0.3 is 10.3 Å². The molecule has 1 saturated carbocycles. The molecule has 31 heavy (non-hydrogen) atoms. The predicted octanol–water partition coefficient (Wildman–Crippen LogP) is 1.25. The smallest absolute Gasteiger partial charge is 0.335 e. The van der Waals surface area contributed by atoms with Crippen LogP contribution in [0, 0.1) is 0 Å². The number of aromatic nitrogens is 3. The standard InChI is InChI=1S/C18H22F2N6O4S/c1-26(31(28,29)30)13-6-11(7-14(13)27)23-16-21-9-22-17(25-16)24-15-12-5-3-2-4-10(12)8-18(15,19)20/h2-5,9,11,13-15,27H,6-8H2,1H3,(H,28,29,30)(H2,21,22,23,24,25)/t11-,13+,14+,15-/m1/s1. The van der Waals surface area contributed by atoms with E-state index in [4.69, 9.17) is 0 Å². The number of aliphatic hydroxyl groups excluding tert-OH is 1. The summed E-state index contributed by atoms with van der Waals surface area (Å²) in [5.74, 6) is -2.95. The lowest BCUT2D eigenvalue weighted by Crippen LogP contribution is -2.41. The molecule has 0 unspecified atom stereocenters. The molecule has 2 aromatic rings. The highest BCUT2D eigenvalue weighted by atomic mass is 32.2. The number of hydrogen-bond acceptors (Lipinski definition) is 8. The zero-order valence-corrected chi connectivity index (χ0v) is 17.3. The third-order valence-electron chi connectivity index (χ3n) is 5.72. The van der Waals surface area contributed by atoms with Crippen LogP contribution in [0.4, 0.5) is 20.7 Å². The Morgan fingerprint density at radius 2 is 1.84 bits per heavy atom. The van der Waals surface area contributed by atoms with Crippen LogP contribution in [-0.2, 0) is 16.7 Å². The van der Waals surface area contributed by atoms with E-state index in [1.807, 2.05) is 0 Å². The zero-order valence-electron chi connectivity index (χ0n) is 16.5. The monoisotopic (exact) mass is 456 g/mol. The van der Waals surface area contributed by atoms with Crippen LogP contribution in [0.5, 0.6) is 0 Å². The van der Waals surface area contributed by atoms with E-state index in [0.717, 1.165) is 0 Å². The molecule has 2 aliphatic rings. The average Bonchev–Trinajstić information content (AvgIpc) is 3.17. The number of anilines is 2. The van der Waals surface area contributed by atoms with Gasteiger partial charge in [-0.2, -0.15) is 17.7 Å². The highest BCUT2D eigenvalue weighted by Gasteiger charge is 2.48. The Labute approximate surface area is 177 Å². The van der Waals surface area contributed by atoms with Gasteiger partial charge in [-0.25, -0.2) is 18.7 Å². The first-order valence-electron chi connectivity index (χ1n) is 9.61. The second-order valence-electron chi connectivity index (χ2n) is 7.79. The Hall–Kier alpha value is -2.48. The van der Waals surface area contributed by atoms with Crippen LogP contribution in [0.3, 0.4) is 0 Å². The molecule has 1 heterocycles. The SMILES string of the molecule is CN([C@H]1C[C@@H](Nc2ncnc(N[C@@H]3c4ccccc4CC3(F)F)n2)C[C@@H]1O)S(=O)(=O)O. The molecule has 0 amide bonds. The van der Waals surface area contributed by atoms with E-state index in [2.05, 4.69) is 25.6 Å². The number of fused-ring (bicyclic) bond motifs is 1. The summed E-state index contributed by atoms with van der Waals surface area (Å²) in [6.45, 7) is 0. The fourth-order valence-corrected chi connectivity index (χ4v) is 4.73. The molecule has 0 spiro atoms. The second kappa shape index (κ2) is 7.89. The van der Waals surface area contributed by atoms with Crippen molar-refractivity contribution in [3.63, 3.8) is 0 Å². The number of likely N-dealkylation sites (N-methyl/N-ethyl adjacent to an activating group) is 1. The summed E-state index contributed by atoms with van der Waals surface area (Å²) < 4.78 is 61.6. The number of aliphatic hydroxyl groups is 1.